The summed E-state index contributed by atoms with van der Waals surface area (Å²) in [5.41, 5.74) is 0. The topological polar surface area (TPSA) is 23.6 Å². The molecule has 0 radical (unpaired) electrons. The van der Waals surface area contributed by atoms with Crippen molar-refractivity contribution in [2.45, 2.75) is 19.4 Å². The number of quaternary nitrogens is 1. The van der Waals surface area contributed by atoms with Crippen molar-refractivity contribution in [3.05, 3.63) is 0 Å². The molecule has 0 saturated carbocycles. The number of carbonyl (C=O) groups is 1. The lowest BCUT2D eigenvalue weighted by atomic mass is 10.2. The van der Waals surface area contributed by atoms with Crippen LogP contribution >= 0.6 is 0 Å². The quantitative estimate of drug-likeness (QED) is 0.593. The van der Waals surface area contributed by atoms with E-state index >= 15 is 0 Å². The summed E-state index contributed by atoms with van der Waals surface area (Å²) in [6, 6.07) is 0.393. The van der Waals surface area contributed by atoms with E-state index in [1.165, 1.54) is 0 Å². The first-order chi connectivity index (χ1) is 6.32. The average molecular weight is 200 g/mol. The van der Waals surface area contributed by atoms with Gasteiger partial charge in [-0.15, -0.1) is 0 Å². The van der Waals surface area contributed by atoms with Crippen molar-refractivity contribution in [2.24, 2.45) is 0 Å². The zero-order valence-corrected chi connectivity index (χ0v) is 9.95. The minimum atomic E-state index is 0.165. The van der Waals surface area contributed by atoms with Gasteiger partial charge in [0.15, 0.2) is 0 Å². The molecule has 0 aromatic carbocycles. The molecule has 0 bridgehead atoms. The Morgan fingerprint density at radius 2 is 2.00 bits per heavy atom. The normalized spacial score (nSPS) is 23.9. The molecule has 4 heteroatoms. The summed E-state index contributed by atoms with van der Waals surface area (Å²) in [5.74, 6) is 0.165. The van der Waals surface area contributed by atoms with Crippen LogP contribution in [-0.4, -0.2) is 67.7 Å². The van der Waals surface area contributed by atoms with Crippen LogP contribution in [-0.2, 0) is 4.79 Å². The predicted octanol–water partition coefficient (Wildman–Crippen LogP) is 0.160. The smallest absolute Gasteiger partial charge is 0.219 e. The fourth-order valence-corrected chi connectivity index (χ4v) is 1.84. The summed E-state index contributed by atoms with van der Waals surface area (Å²) in [6.45, 7) is 3.69. The second-order valence-electron chi connectivity index (χ2n) is 4.93. The molecule has 1 unspecified atom stereocenters. The van der Waals surface area contributed by atoms with Gasteiger partial charge in [0.05, 0.1) is 33.7 Å². The van der Waals surface area contributed by atoms with E-state index in [-0.39, 0.29) is 5.91 Å². The number of rotatable bonds is 2. The number of carbonyl (C=O) groups excluding carboxylic acids is 1. The molecule has 0 aliphatic carbocycles. The Bertz CT molecular complexity index is 222. The molecule has 1 heterocycles. The van der Waals surface area contributed by atoms with Crippen molar-refractivity contribution in [2.75, 3.05) is 41.3 Å². The van der Waals surface area contributed by atoms with Crippen LogP contribution in [0.1, 0.15) is 13.3 Å². The van der Waals surface area contributed by atoms with E-state index in [1.54, 1.807) is 6.92 Å². The van der Waals surface area contributed by atoms with Crippen molar-refractivity contribution in [3.8, 4) is 0 Å². The van der Waals surface area contributed by atoms with E-state index in [2.05, 4.69) is 26.2 Å². The second kappa shape index (κ2) is 3.87. The lowest BCUT2D eigenvalue weighted by molar-refractivity contribution is -0.985. The summed E-state index contributed by atoms with van der Waals surface area (Å²) in [4.78, 5) is 13.0. The third-order valence-electron chi connectivity index (χ3n) is 3.03. The van der Waals surface area contributed by atoms with Crippen molar-refractivity contribution in [1.29, 1.82) is 0 Å². The molecule has 14 heavy (non-hydrogen) atoms. The summed E-state index contributed by atoms with van der Waals surface area (Å²) < 4.78 is 0.849. The van der Waals surface area contributed by atoms with Crippen molar-refractivity contribution < 1.29 is 9.39 Å². The van der Waals surface area contributed by atoms with Crippen LogP contribution in [0.3, 0.4) is 0 Å². The van der Waals surface area contributed by atoms with E-state index in [0.717, 1.165) is 24.1 Å². The molecule has 1 rings (SSSR count). The number of hydrogen-bond donors (Lipinski definition) is 0. The van der Waals surface area contributed by atoms with Gasteiger partial charge in [-0.2, -0.15) is 5.01 Å². The first kappa shape index (κ1) is 11.5. The standard InChI is InChI=1S/C10H22N3O/c1-9(14)11(2)10-6-7-12(8-10)13(3,4)5/h10H,6-8H2,1-5H3/q+1. The molecule has 1 atom stereocenters. The number of amides is 1. The fraction of sp³-hybridized carbons (Fsp3) is 0.900. The monoisotopic (exact) mass is 200 g/mol. The average Bonchev–Trinajstić information content (AvgIpc) is 2.49. The molecule has 1 aliphatic rings. The van der Waals surface area contributed by atoms with Crippen molar-refractivity contribution in [3.63, 3.8) is 0 Å². The Labute approximate surface area is 86.6 Å². The van der Waals surface area contributed by atoms with Crippen LogP contribution in [0, 0.1) is 0 Å². The minimum Gasteiger partial charge on any atom is -0.341 e. The third-order valence-corrected chi connectivity index (χ3v) is 3.03. The second-order valence-corrected chi connectivity index (χ2v) is 4.93. The predicted molar refractivity (Wildman–Crippen MR) is 56.5 cm³/mol. The molecule has 0 spiro atoms. The lowest BCUT2D eigenvalue weighted by Crippen LogP contribution is -2.51. The van der Waals surface area contributed by atoms with Crippen LogP contribution in [0.2, 0.25) is 0 Å². The Kier molecular flexibility index (Phi) is 3.17. The Morgan fingerprint density at radius 3 is 2.36 bits per heavy atom. The van der Waals surface area contributed by atoms with Gasteiger partial charge in [-0.1, -0.05) is 0 Å². The molecule has 0 aromatic rings. The maximum atomic E-state index is 11.2. The highest BCUT2D eigenvalue weighted by Gasteiger charge is 2.33. The van der Waals surface area contributed by atoms with Gasteiger partial charge in [-0.05, 0) is 6.42 Å². The van der Waals surface area contributed by atoms with Gasteiger partial charge < -0.3 is 4.90 Å². The number of nitrogens with zero attached hydrogens (tertiary/aromatic N) is 3. The highest BCUT2D eigenvalue weighted by Crippen LogP contribution is 2.17. The van der Waals surface area contributed by atoms with Crippen LogP contribution in [0.25, 0.3) is 0 Å². The Morgan fingerprint density at radius 1 is 1.43 bits per heavy atom. The molecule has 0 N–H and O–H groups in total. The first-order valence-electron chi connectivity index (χ1n) is 5.12. The van der Waals surface area contributed by atoms with Gasteiger partial charge in [0.2, 0.25) is 5.91 Å². The summed E-state index contributed by atoms with van der Waals surface area (Å²) in [6.07, 6.45) is 1.09. The molecule has 0 aromatic heterocycles. The van der Waals surface area contributed by atoms with Gasteiger partial charge in [-0.25, -0.2) is 0 Å². The Balaban J connectivity index is 2.53. The van der Waals surface area contributed by atoms with Gasteiger partial charge in [0.25, 0.3) is 0 Å². The highest BCUT2D eigenvalue weighted by atomic mass is 16.2. The van der Waals surface area contributed by atoms with Gasteiger partial charge in [0, 0.05) is 20.5 Å². The van der Waals surface area contributed by atoms with Crippen LogP contribution in [0.5, 0.6) is 0 Å². The minimum absolute atomic E-state index is 0.165. The molecule has 1 amide bonds. The highest BCUT2D eigenvalue weighted by molar-refractivity contribution is 5.73. The molecule has 1 aliphatic heterocycles. The maximum absolute atomic E-state index is 11.2. The van der Waals surface area contributed by atoms with E-state index in [0.29, 0.717) is 6.04 Å². The molecule has 1 saturated heterocycles. The van der Waals surface area contributed by atoms with Crippen LogP contribution in [0.15, 0.2) is 0 Å². The zero-order valence-electron chi connectivity index (χ0n) is 9.95. The van der Waals surface area contributed by atoms with Crippen LogP contribution < -0.4 is 0 Å². The van der Waals surface area contributed by atoms with Crippen molar-refractivity contribution >= 4 is 5.91 Å². The lowest BCUT2D eigenvalue weighted by Gasteiger charge is -2.34. The molecular weight excluding hydrogens is 178 g/mol. The van der Waals surface area contributed by atoms with Gasteiger partial charge in [-0.3, -0.25) is 9.39 Å². The third kappa shape index (κ3) is 2.45. The molecule has 4 nitrogen and oxygen atoms in total. The zero-order chi connectivity index (χ0) is 10.9. The van der Waals surface area contributed by atoms with E-state index in [9.17, 15) is 4.79 Å². The van der Waals surface area contributed by atoms with E-state index < -0.39 is 0 Å². The molecule has 1 fully saturated rings. The Hall–Kier alpha value is -0.610. The van der Waals surface area contributed by atoms with Crippen molar-refractivity contribution in [1.82, 2.24) is 9.91 Å². The number of hydrogen-bond acceptors (Lipinski definition) is 2. The maximum Gasteiger partial charge on any atom is 0.219 e. The van der Waals surface area contributed by atoms with Gasteiger partial charge >= 0.3 is 0 Å². The number of likely N-dealkylation sites (N-methyl/N-ethyl adjacent to an activating group) is 1. The fourth-order valence-electron chi connectivity index (χ4n) is 1.84. The summed E-state index contributed by atoms with van der Waals surface area (Å²) in [7, 11) is 8.38. The summed E-state index contributed by atoms with van der Waals surface area (Å²) >= 11 is 0. The first-order valence-corrected chi connectivity index (χ1v) is 5.12. The van der Waals surface area contributed by atoms with Gasteiger partial charge in [0.1, 0.15) is 0 Å². The van der Waals surface area contributed by atoms with E-state index in [4.69, 9.17) is 0 Å². The largest absolute Gasteiger partial charge is 0.341 e. The SMILES string of the molecule is CC(=O)N(C)C1CCN([N+](C)(C)C)C1. The van der Waals surface area contributed by atoms with Crippen LogP contribution in [0.4, 0.5) is 0 Å². The summed E-state index contributed by atoms with van der Waals surface area (Å²) in [5, 5.41) is 2.38. The molecule has 82 valence electrons. The molecular formula is C10H22N3O+. The van der Waals surface area contributed by atoms with E-state index in [1.807, 2.05) is 11.9 Å².